The maximum atomic E-state index is 11.0. The van der Waals surface area contributed by atoms with Crippen LogP contribution in [0.3, 0.4) is 0 Å². The number of hydrogen-bond donors (Lipinski definition) is 1. The van der Waals surface area contributed by atoms with Gasteiger partial charge in [0.05, 0.1) is 28.8 Å². The summed E-state index contributed by atoms with van der Waals surface area (Å²) in [5, 5.41) is 11.0. The normalized spacial score (nSPS) is 10.1. The van der Waals surface area contributed by atoms with E-state index in [9.17, 15) is 10.1 Å². The predicted octanol–water partition coefficient (Wildman–Crippen LogP) is 2.53. The molecular weight excluding hydrogens is 332 g/mol. The number of nitro groups is 1. The van der Waals surface area contributed by atoms with Crippen molar-refractivity contribution in [2.75, 3.05) is 12.8 Å². The smallest absolute Gasteiger partial charge is 0.315 e. The van der Waals surface area contributed by atoms with Crippen LogP contribution in [0, 0.1) is 10.1 Å². The molecule has 104 valence electrons. The average molecular weight is 341 g/mol. The van der Waals surface area contributed by atoms with Crippen LogP contribution in [-0.4, -0.2) is 22.0 Å². The van der Waals surface area contributed by atoms with Gasteiger partial charge in [-0.3, -0.25) is 10.1 Å². The Morgan fingerprint density at radius 2 is 2.20 bits per heavy atom. The van der Waals surface area contributed by atoms with Gasteiger partial charge < -0.3 is 15.2 Å². The van der Waals surface area contributed by atoms with Crippen LogP contribution in [0.5, 0.6) is 17.4 Å². The van der Waals surface area contributed by atoms with Crippen molar-refractivity contribution >= 4 is 27.6 Å². The van der Waals surface area contributed by atoms with Gasteiger partial charge in [-0.05, 0) is 28.1 Å². The summed E-state index contributed by atoms with van der Waals surface area (Å²) in [4.78, 5) is 18.1. The lowest BCUT2D eigenvalue weighted by Crippen LogP contribution is -1.99. The third-order valence-electron chi connectivity index (χ3n) is 2.30. The second-order valence-electron chi connectivity index (χ2n) is 3.57. The number of nitrogens with zero attached hydrogens (tertiary/aromatic N) is 3. The minimum Gasteiger partial charge on any atom is -0.496 e. The number of ether oxygens (including phenoxy) is 2. The monoisotopic (exact) mass is 340 g/mol. The minimum absolute atomic E-state index is 0.000588. The van der Waals surface area contributed by atoms with Gasteiger partial charge in [-0.15, -0.1) is 0 Å². The molecule has 0 aliphatic carbocycles. The van der Waals surface area contributed by atoms with Crippen molar-refractivity contribution in [3.63, 3.8) is 0 Å². The molecule has 0 fully saturated rings. The van der Waals surface area contributed by atoms with Crippen LogP contribution in [0.1, 0.15) is 0 Å². The van der Waals surface area contributed by atoms with E-state index in [1.165, 1.54) is 25.4 Å². The maximum Gasteiger partial charge on any atom is 0.315 e. The lowest BCUT2D eigenvalue weighted by atomic mass is 10.3. The van der Waals surface area contributed by atoms with Crippen LogP contribution >= 0.6 is 15.9 Å². The van der Waals surface area contributed by atoms with Crippen molar-refractivity contribution in [1.82, 2.24) is 9.97 Å². The summed E-state index contributed by atoms with van der Waals surface area (Å²) in [5.74, 6) is 0.463. The molecule has 1 aromatic heterocycles. The van der Waals surface area contributed by atoms with Crippen molar-refractivity contribution in [3.05, 3.63) is 39.0 Å². The van der Waals surface area contributed by atoms with Crippen molar-refractivity contribution in [2.45, 2.75) is 0 Å². The van der Waals surface area contributed by atoms with Gasteiger partial charge in [0.1, 0.15) is 5.75 Å². The number of halogens is 1. The first kappa shape index (κ1) is 14.0. The van der Waals surface area contributed by atoms with Crippen LogP contribution in [0.15, 0.2) is 28.9 Å². The standard InChI is InChI=1S/C11H9BrN4O4/c1-19-6-2-3-9(8(4-6)16(17)18)20-10-7(12)5-14-11(13)15-10/h2-5H,1H3,(H2,13,14,15). The van der Waals surface area contributed by atoms with Gasteiger partial charge in [0.25, 0.3) is 0 Å². The predicted molar refractivity (Wildman–Crippen MR) is 73.9 cm³/mol. The van der Waals surface area contributed by atoms with E-state index in [4.69, 9.17) is 15.2 Å². The molecule has 8 nitrogen and oxygen atoms in total. The number of nitrogen functional groups attached to an aromatic ring is 1. The number of benzene rings is 1. The first-order valence-corrected chi connectivity index (χ1v) is 6.09. The zero-order valence-electron chi connectivity index (χ0n) is 10.2. The molecule has 0 saturated heterocycles. The quantitative estimate of drug-likeness (QED) is 0.671. The van der Waals surface area contributed by atoms with Gasteiger partial charge >= 0.3 is 5.69 Å². The Morgan fingerprint density at radius 3 is 2.85 bits per heavy atom. The summed E-state index contributed by atoms with van der Waals surface area (Å²) >= 11 is 3.18. The largest absolute Gasteiger partial charge is 0.496 e. The Hall–Kier alpha value is -2.42. The number of nitro benzene ring substituents is 1. The Morgan fingerprint density at radius 1 is 1.45 bits per heavy atom. The number of rotatable bonds is 4. The van der Waals surface area contributed by atoms with E-state index in [1.54, 1.807) is 6.07 Å². The molecule has 2 rings (SSSR count). The SMILES string of the molecule is COc1ccc(Oc2nc(N)ncc2Br)c([N+](=O)[O-])c1. The topological polar surface area (TPSA) is 113 Å². The first-order valence-electron chi connectivity index (χ1n) is 5.29. The fourth-order valence-corrected chi connectivity index (χ4v) is 1.67. The van der Waals surface area contributed by atoms with Gasteiger partial charge in [0.2, 0.25) is 17.6 Å². The van der Waals surface area contributed by atoms with Crippen LogP contribution in [-0.2, 0) is 0 Å². The van der Waals surface area contributed by atoms with Crippen LogP contribution in [0.2, 0.25) is 0 Å². The highest BCUT2D eigenvalue weighted by atomic mass is 79.9. The van der Waals surface area contributed by atoms with Crippen molar-refractivity contribution in [1.29, 1.82) is 0 Å². The average Bonchev–Trinajstić information content (AvgIpc) is 2.43. The fourth-order valence-electron chi connectivity index (χ4n) is 1.39. The second kappa shape index (κ2) is 5.70. The molecule has 0 atom stereocenters. The number of aromatic nitrogens is 2. The molecule has 1 aromatic carbocycles. The molecule has 0 aliphatic heterocycles. The molecule has 9 heteroatoms. The zero-order chi connectivity index (χ0) is 14.7. The van der Waals surface area contributed by atoms with Crippen LogP contribution in [0.4, 0.5) is 11.6 Å². The van der Waals surface area contributed by atoms with E-state index >= 15 is 0 Å². The molecule has 2 N–H and O–H groups in total. The number of anilines is 1. The highest BCUT2D eigenvalue weighted by Crippen LogP contribution is 2.36. The van der Waals surface area contributed by atoms with Crippen molar-refractivity contribution < 1.29 is 14.4 Å². The van der Waals surface area contributed by atoms with E-state index in [0.717, 1.165) is 0 Å². The van der Waals surface area contributed by atoms with Gasteiger partial charge in [0, 0.05) is 0 Å². The summed E-state index contributed by atoms with van der Waals surface area (Å²) in [7, 11) is 1.42. The van der Waals surface area contributed by atoms with Crippen molar-refractivity contribution in [2.24, 2.45) is 0 Å². The van der Waals surface area contributed by atoms with Gasteiger partial charge in [-0.1, -0.05) is 0 Å². The maximum absolute atomic E-state index is 11.0. The minimum atomic E-state index is -0.573. The van der Waals surface area contributed by atoms with E-state index in [-0.39, 0.29) is 23.3 Å². The molecule has 0 spiro atoms. The summed E-state index contributed by atoms with van der Waals surface area (Å²) in [6.07, 6.45) is 1.40. The lowest BCUT2D eigenvalue weighted by molar-refractivity contribution is -0.385. The third-order valence-corrected chi connectivity index (χ3v) is 2.84. The first-order chi connectivity index (χ1) is 9.51. The highest BCUT2D eigenvalue weighted by Gasteiger charge is 2.19. The van der Waals surface area contributed by atoms with Gasteiger partial charge in [-0.2, -0.15) is 4.98 Å². The Kier molecular flexibility index (Phi) is 3.99. The molecule has 2 aromatic rings. The molecule has 0 radical (unpaired) electrons. The third kappa shape index (κ3) is 2.94. The molecule has 1 heterocycles. The number of hydrogen-bond acceptors (Lipinski definition) is 7. The summed E-state index contributed by atoms with van der Waals surface area (Å²) in [5.41, 5.74) is 5.21. The van der Waals surface area contributed by atoms with Gasteiger partial charge in [-0.25, -0.2) is 4.98 Å². The summed E-state index contributed by atoms with van der Waals surface area (Å²) in [6, 6.07) is 4.22. The van der Waals surface area contributed by atoms with E-state index in [2.05, 4.69) is 25.9 Å². The molecule has 0 aliphatic rings. The lowest BCUT2D eigenvalue weighted by Gasteiger charge is -2.08. The Labute approximate surface area is 121 Å². The Bertz CT molecular complexity index is 665. The zero-order valence-corrected chi connectivity index (χ0v) is 11.8. The molecule has 0 saturated carbocycles. The highest BCUT2D eigenvalue weighted by molar-refractivity contribution is 9.10. The number of nitrogens with two attached hydrogens (primary N) is 1. The molecule has 20 heavy (non-hydrogen) atoms. The molecule has 0 amide bonds. The second-order valence-corrected chi connectivity index (χ2v) is 4.43. The molecule has 0 bridgehead atoms. The van der Waals surface area contributed by atoms with Crippen LogP contribution < -0.4 is 15.2 Å². The van der Waals surface area contributed by atoms with E-state index < -0.39 is 4.92 Å². The van der Waals surface area contributed by atoms with E-state index in [1.807, 2.05) is 0 Å². The number of methoxy groups -OCH3 is 1. The summed E-state index contributed by atoms with van der Waals surface area (Å²) < 4.78 is 10.8. The summed E-state index contributed by atoms with van der Waals surface area (Å²) in [6.45, 7) is 0. The van der Waals surface area contributed by atoms with Crippen molar-refractivity contribution in [3.8, 4) is 17.4 Å². The van der Waals surface area contributed by atoms with Crippen LogP contribution in [0.25, 0.3) is 0 Å². The Balaban J connectivity index is 2.42. The molecule has 0 unspecified atom stereocenters. The fraction of sp³-hybridized carbons (Fsp3) is 0.0909. The van der Waals surface area contributed by atoms with Gasteiger partial charge in [0.15, 0.2) is 0 Å². The molecular formula is C11H9BrN4O4. The van der Waals surface area contributed by atoms with E-state index in [0.29, 0.717) is 10.2 Å².